The Morgan fingerprint density at radius 1 is 1.38 bits per heavy atom. The molecule has 0 bridgehead atoms. The molecule has 0 fully saturated rings. The van der Waals surface area contributed by atoms with Gasteiger partial charge in [0.15, 0.2) is 0 Å². The summed E-state index contributed by atoms with van der Waals surface area (Å²) in [7, 11) is 0. The summed E-state index contributed by atoms with van der Waals surface area (Å²) in [6.45, 7) is 4.94. The highest BCUT2D eigenvalue weighted by molar-refractivity contribution is 5.98. The lowest BCUT2D eigenvalue weighted by Gasteiger charge is -2.26. The van der Waals surface area contributed by atoms with Crippen LogP contribution in [0.4, 0.5) is 13.2 Å². The highest BCUT2D eigenvalue weighted by atomic mass is 19.4. The first-order chi connectivity index (χ1) is 9.86. The van der Waals surface area contributed by atoms with E-state index in [2.05, 4.69) is 17.1 Å². The quantitative estimate of drug-likeness (QED) is 0.853. The van der Waals surface area contributed by atoms with Crippen LogP contribution in [0, 0.1) is 0 Å². The van der Waals surface area contributed by atoms with Crippen molar-refractivity contribution in [1.29, 1.82) is 0 Å². The molecule has 4 nitrogen and oxygen atoms in total. The van der Waals surface area contributed by atoms with Gasteiger partial charge in [-0.2, -0.15) is 23.3 Å². The Bertz CT molecular complexity index is 647. The van der Waals surface area contributed by atoms with E-state index in [1.54, 1.807) is 13.0 Å². The van der Waals surface area contributed by atoms with Crippen LogP contribution < -0.4 is 5.32 Å². The molecule has 7 heteroatoms. The number of benzene rings is 1. The van der Waals surface area contributed by atoms with Gasteiger partial charge in [0, 0.05) is 12.8 Å². The maximum Gasteiger partial charge on any atom is 0.416 e. The second kappa shape index (κ2) is 5.43. The third-order valence-corrected chi connectivity index (χ3v) is 2.88. The number of hydrazone groups is 1. The molecule has 110 valence electrons. The molecule has 21 heavy (non-hydrogen) atoms. The molecule has 0 aliphatic carbocycles. The number of allylic oxidation sites excluding steroid dienone is 1. The largest absolute Gasteiger partial charge is 0.416 e. The molecule has 1 aromatic carbocycles. The highest BCUT2D eigenvalue weighted by Crippen LogP contribution is 2.31. The predicted molar refractivity (Wildman–Crippen MR) is 72.7 cm³/mol. The van der Waals surface area contributed by atoms with Crippen LogP contribution in [0.5, 0.6) is 0 Å². The van der Waals surface area contributed by atoms with Gasteiger partial charge in [0.1, 0.15) is 5.82 Å². The fraction of sp³-hybridized carbons (Fsp3) is 0.143. The van der Waals surface area contributed by atoms with Crippen LogP contribution in [0.3, 0.4) is 0 Å². The normalized spacial score (nSPS) is 17.5. The van der Waals surface area contributed by atoms with Gasteiger partial charge in [-0.1, -0.05) is 12.1 Å². The van der Waals surface area contributed by atoms with E-state index < -0.39 is 17.6 Å². The first-order valence-corrected chi connectivity index (χ1v) is 6.00. The smallest absolute Gasteiger partial charge is 0.340 e. The summed E-state index contributed by atoms with van der Waals surface area (Å²) in [5, 5.41) is 7.42. The van der Waals surface area contributed by atoms with Crippen LogP contribution in [0.2, 0.25) is 0 Å². The fourth-order valence-corrected chi connectivity index (χ4v) is 1.89. The van der Waals surface area contributed by atoms with Crippen LogP contribution in [-0.2, 0) is 11.0 Å². The summed E-state index contributed by atoms with van der Waals surface area (Å²) < 4.78 is 38.2. The van der Waals surface area contributed by atoms with Crippen molar-refractivity contribution in [3.05, 3.63) is 53.4 Å². The molecule has 0 unspecified atom stereocenters. The van der Waals surface area contributed by atoms with Gasteiger partial charge >= 0.3 is 6.18 Å². The lowest BCUT2D eigenvalue weighted by Crippen LogP contribution is -2.35. The molecule has 0 atom stereocenters. The monoisotopic (exact) mass is 295 g/mol. The maximum atomic E-state index is 12.7. The molecular formula is C14H12F3N3O. The predicted octanol–water partition coefficient (Wildman–Crippen LogP) is 2.96. The number of carbonyl (C=O) groups excluding carboxylic acids is 1. The Kier molecular flexibility index (Phi) is 3.84. The summed E-state index contributed by atoms with van der Waals surface area (Å²) in [4.78, 5) is 11.9. The van der Waals surface area contributed by atoms with E-state index in [1.807, 2.05) is 0 Å². The number of hydrogen-bond acceptors (Lipinski definition) is 3. The topological polar surface area (TPSA) is 44.7 Å². The lowest BCUT2D eigenvalue weighted by molar-refractivity contribution is -0.137. The molecular weight excluding hydrogens is 283 g/mol. The van der Waals surface area contributed by atoms with E-state index in [0.717, 1.165) is 17.1 Å². The Hall–Kier alpha value is -2.57. The summed E-state index contributed by atoms with van der Waals surface area (Å²) >= 11 is 0. The molecule has 0 saturated carbocycles. The number of rotatable bonds is 2. The van der Waals surface area contributed by atoms with Gasteiger partial charge in [-0.25, -0.2) is 0 Å². The second-order valence-electron chi connectivity index (χ2n) is 4.23. The third kappa shape index (κ3) is 2.96. The molecule has 1 aliphatic rings. The SMILES string of the molecule is C=NN1C(=O)C=C(c2cccc(C(F)(F)F)c2)N/C1=C/C. The van der Waals surface area contributed by atoms with Crippen LogP contribution >= 0.6 is 0 Å². The van der Waals surface area contributed by atoms with Gasteiger partial charge in [0.2, 0.25) is 0 Å². The average Bonchev–Trinajstić information content (AvgIpc) is 2.45. The Morgan fingerprint density at radius 2 is 2.10 bits per heavy atom. The number of amides is 1. The van der Waals surface area contributed by atoms with Gasteiger partial charge < -0.3 is 5.32 Å². The van der Waals surface area contributed by atoms with Gasteiger partial charge in [-0.15, -0.1) is 0 Å². The van der Waals surface area contributed by atoms with Crippen molar-refractivity contribution in [2.45, 2.75) is 13.1 Å². The minimum absolute atomic E-state index is 0.265. The zero-order valence-corrected chi connectivity index (χ0v) is 11.1. The molecule has 2 rings (SSSR count). The number of nitrogens with zero attached hydrogens (tertiary/aromatic N) is 2. The zero-order chi connectivity index (χ0) is 15.6. The lowest BCUT2D eigenvalue weighted by atomic mass is 10.1. The van der Waals surface area contributed by atoms with Gasteiger partial charge in [0.05, 0.1) is 11.3 Å². The Morgan fingerprint density at radius 3 is 2.67 bits per heavy atom. The number of hydrogen-bond donors (Lipinski definition) is 1. The molecule has 1 aliphatic heterocycles. The van der Waals surface area contributed by atoms with E-state index in [4.69, 9.17) is 0 Å². The van der Waals surface area contributed by atoms with Crippen LogP contribution in [0.25, 0.3) is 5.70 Å². The zero-order valence-electron chi connectivity index (χ0n) is 11.1. The second-order valence-corrected chi connectivity index (χ2v) is 4.23. The standard InChI is InChI=1S/C14H12F3N3O/c1-3-12-19-11(8-13(21)20(12)18-2)9-5-4-6-10(7-9)14(15,16)17/h3-8,19H,2H2,1H3/b12-3-. The van der Waals surface area contributed by atoms with Crippen LogP contribution in [0.1, 0.15) is 18.1 Å². The summed E-state index contributed by atoms with van der Waals surface area (Å²) in [6.07, 6.45) is -1.68. The van der Waals surface area contributed by atoms with Gasteiger partial charge in [-0.3, -0.25) is 4.79 Å². The van der Waals surface area contributed by atoms with Crippen molar-refractivity contribution in [2.24, 2.45) is 5.10 Å². The summed E-state index contributed by atoms with van der Waals surface area (Å²) in [6, 6.07) is 4.74. The minimum atomic E-state index is -4.44. The third-order valence-electron chi connectivity index (χ3n) is 2.88. The van der Waals surface area contributed by atoms with E-state index in [1.165, 1.54) is 18.2 Å². The van der Waals surface area contributed by atoms with E-state index >= 15 is 0 Å². The summed E-state index contributed by atoms with van der Waals surface area (Å²) in [5.74, 6) is -0.144. The molecule has 0 radical (unpaired) electrons. The van der Waals surface area contributed by atoms with Crippen LogP contribution in [0.15, 0.2) is 47.3 Å². The minimum Gasteiger partial charge on any atom is -0.340 e. The number of nitrogens with one attached hydrogen (secondary N) is 1. The first kappa shape index (κ1) is 14.8. The molecule has 1 heterocycles. The average molecular weight is 295 g/mol. The van der Waals surface area contributed by atoms with Crippen molar-refractivity contribution >= 4 is 18.3 Å². The number of carbonyl (C=O) groups is 1. The maximum absolute atomic E-state index is 12.7. The first-order valence-electron chi connectivity index (χ1n) is 6.00. The molecule has 1 aromatic rings. The molecule has 0 aromatic heterocycles. The Labute approximate surface area is 119 Å². The van der Waals surface area contributed by atoms with Crippen molar-refractivity contribution in [1.82, 2.24) is 10.3 Å². The van der Waals surface area contributed by atoms with E-state index in [0.29, 0.717) is 5.82 Å². The van der Waals surface area contributed by atoms with Gasteiger partial charge in [-0.05, 0) is 30.7 Å². The molecule has 0 saturated heterocycles. The number of alkyl halides is 3. The highest BCUT2D eigenvalue weighted by Gasteiger charge is 2.31. The number of halogens is 3. The summed E-state index contributed by atoms with van der Waals surface area (Å²) in [5.41, 5.74) is -0.234. The Balaban J connectivity index is 2.44. The van der Waals surface area contributed by atoms with Crippen molar-refractivity contribution in [2.75, 3.05) is 0 Å². The van der Waals surface area contributed by atoms with E-state index in [-0.39, 0.29) is 11.3 Å². The van der Waals surface area contributed by atoms with Crippen molar-refractivity contribution in [3.8, 4) is 0 Å². The van der Waals surface area contributed by atoms with Crippen molar-refractivity contribution < 1.29 is 18.0 Å². The van der Waals surface area contributed by atoms with E-state index in [9.17, 15) is 18.0 Å². The molecule has 1 amide bonds. The molecule has 0 spiro atoms. The van der Waals surface area contributed by atoms with Crippen LogP contribution in [-0.4, -0.2) is 17.6 Å². The van der Waals surface area contributed by atoms with Gasteiger partial charge in [0.25, 0.3) is 5.91 Å². The fourth-order valence-electron chi connectivity index (χ4n) is 1.89. The molecule has 1 N–H and O–H groups in total. The van der Waals surface area contributed by atoms with Crippen molar-refractivity contribution in [3.63, 3.8) is 0 Å².